The standard InChI is InChI=1S/C14H14F3NO3/c15-14(16,17)6-5-12(19)18-7-1-2-9-8-10(13(20)21)3-4-11(9)18/h3-4,8H,1-2,5-7H2,(H,20,21). The molecule has 1 N–H and O–H groups in total. The predicted octanol–water partition coefficient (Wildman–Crippen LogP) is 3.01. The Morgan fingerprint density at radius 1 is 1.29 bits per heavy atom. The van der Waals surface area contributed by atoms with Crippen molar-refractivity contribution >= 4 is 17.6 Å². The minimum atomic E-state index is -4.36. The maximum absolute atomic E-state index is 12.2. The third-order valence-corrected chi connectivity index (χ3v) is 3.37. The normalized spacial score (nSPS) is 14.7. The van der Waals surface area contributed by atoms with Gasteiger partial charge in [0.2, 0.25) is 5.91 Å². The topological polar surface area (TPSA) is 57.6 Å². The number of carbonyl (C=O) groups excluding carboxylic acids is 1. The van der Waals surface area contributed by atoms with Gasteiger partial charge < -0.3 is 10.0 Å². The van der Waals surface area contributed by atoms with Gasteiger partial charge in [0.1, 0.15) is 0 Å². The molecule has 0 bridgehead atoms. The number of alkyl halides is 3. The lowest BCUT2D eigenvalue weighted by Gasteiger charge is -2.30. The molecule has 0 saturated carbocycles. The molecule has 0 aliphatic carbocycles. The predicted molar refractivity (Wildman–Crippen MR) is 69.4 cm³/mol. The number of benzene rings is 1. The average molecular weight is 301 g/mol. The lowest BCUT2D eigenvalue weighted by Crippen LogP contribution is -2.36. The first-order valence-corrected chi connectivity index (χ1v) is 6.51. The molecule has 1 aliphatic rings. The van der Waals surface area contributed by atoms with Crippen molar-refractivity contribution < 1.29 is 27.9 Å². The Morgan fingerprint density at radius 2 is 2.00 bits per heavy atom. The average Bonchev–Trinajstić information content (AvgIpc) is 2.42. The molecule has 1 aromatic carbocycles. The molecule has 0 radical (unpaired) electrons. The second-order valence-electron chi connectivity index (χ2n) is 4.91. The van der Waals surface area contributed by atoms with E-state index in [1.54, 1.807) is 0 Å². The molecule has 0 saturated heterocycles. The van der Waals surface area contributed by atoms with Crippen LogP contribution in [0.3, 0.4) is 0 Å². The Hall–Kier alpha value is -2.05. The van der Waals surface area contributed by atoms with Crippen LogP contribution in [-0.2, 0) is 11.2 Å². The van der Waals surface area contributed by atoms with E-state index in [2.05, 4.69) is 0 Å². The number of aromatic carboxylic acids is 1. The first-order chi connectivity index (χ1) is 9.78. The fraction of sp³-hybridized carbons (Fsp3) is 0.429. The number of carboxylic acid groups (broad SMARTS) is 1. The van der Waals surface area contributed by atoms with E-state index in [0.717, 1.165) is 0 Å². The number of anilines is 1. The van der Waals surface area contributed by atoms with Crippen LogP contribution in [-0.4, -0.2) is 29.7 Å². The van der Waals surface area contributed by atoms with Gasteiger partial charge in [-0.25, -0.2) is 4.79 Å². The maximum Gasteiger partial charge on any atom is 0.389 e. The van der Waals surface area contributed by atoms with E-state index in [1.165, 1.54) is 23.1 Å². The maximum atomic E-state index is 12.2. The number of carboxylic acids is 1. The van der Waals surface area contributed by atoms with Crippen LogP contribution < -0.4 is 4.90 Å². The van der Waals surface area contributed by atoms with Gasteiger partial charge in [-0.15, -0.1) is 0 Å². The minimum Gasteiger partial charge on any atom is -0.478 e. The minimum absolute atomic E-state index is 0.110. The molecule has 7 heteroatoms. The Kier molecular flexibility index (Phi) is 4.20. The third kappa shape index (κ3) is 3.74. The number of aryl methyl sites for hydroxylation is 1. The highest BCUT2D eigenvalue weighted by molar-refractivity contribution is 5.96. The summed E-state index contributed by atoms with van der Waals surface area (Å²) in [4.78, 5) is 24.2. The molecule has 0 unspecified atom stereocenters. The number of hydrogen-bond donors (Lipinski definition) is 1. The summed E-state index contributed by atoms with van der Waals surface area (Å²) in [6.45, 7) is 0.357. The van der Waals surface area contributed by atoms with Gasteiger partial charge in [-0.3, -0.25) is 4.79 Å². The van der Waals surface area contributed by atoms with Crippen LogP contribution >= 0.6 is 0 Å². The van der Waals surface area contributed by atoms with Crippen molar-refractivity contribution in [3.05, 3.63) is 29.3 Å². The van der Waals surface area contributed by atoms with Gasteiger partial charge in [0.15, 0.2) is 0 Å². The molecule has 1 aliphatic heterocycles. The number of halogens is 3. The van der Waals surface area contributed by atoms with Crippen molar-refractivity contribution in [2.45, 2.75) is 31.9 Å². The van der Waals surface area contributed by atoms with E-state index in [9.17, 15) is 22.8 Å². The van der Waals surface area contributed by atoms with Crippen molar-refractivity contribution in [3.8, 4) is 0 Å². The fourth-order valence-electron chi connectivity index (χ4n) is 2.37. The molecule has 114 valence electrons. The Balaban J connectivity index is 2.18. The van der Waals surface area contributed by atoms with E-state index >= 15 is 0 Å². The monoisotopic (exact) mass is 301 g/mol. The summed E-state index contributed by atoms with van der Waals surface area (Å²) in [5.41, 5.74) is 1.30. The van der Waals surface area contributed by atoms with Crippen LogP contribution in [0.25, 0.3) is 0 Å². The molecule has 1 heterocycles. The largest absolute Gasteiger partial charge is 0.478 e. The summed E-state index contributed by atoms with van der Waals surface area (Å²) in [6.07, 6.45) is -4.89. The highest BCUT2D eigenvalue weighted by Crippen LogP contribution is 2.30. The smallest absolute Gasteiger partial charge is 0.389 e. The number of nitrogens with zero attached hydrogens (tertiary/aromatic N) is 1. The zero-order chi connectivity index (χ0) is 15.6. The van der Waals surface area contributed by atoms with Crippen molar-refractivity contribution in [3.63, 3.8) is 0 Å². The molecule has 2 rings (SSSR count). The highest BCUT2D eigenvalue weighted by atomic mass is 19.4. The fourth-order valence-corrected chi connectivity index (χ4v) is 2.37. The molecule has 1 amide bonds. The van der Waals surface area contributed by atoms with Crippen molar-refractivity contribution in [1.82, 2.24) is 0 Å². The van der Waals surface area contributed by atoms with E-state index in [4.69, 9.17) is 5.11 Å². The molecular formula is C14H14F3NO3. The quantitative estimate of drug-likeness (QED) is 0.933. The summed E-state index contributed by atoms with van der Waals surface area (Å²) in [7, 11) is 0. The second-order valence-corrected chi connectivity index (χ2v) is 4.91. The second kappa shape index (κ2) is 5.75. The van der Waals surface area contributed by atoms with Gasteiger partial charge in [0.25, 0.3) is 0 Å². The van der Waals surface area contributed by atoms with Gasteiger partial charge in [0.05, 0.1) is 12.0 Å². The van der Waals surface area contributed by atoms with Gasteiger partial charge in [-0.05, 0) is 36.6 Å². The summed E-state index contributed by atoms with van der Waals surface area (Å²) >= 11 is 0. The summed E-state index contributed by atoms with van der Waals surface area (Å²) < 4.78 is 36.6. The third-order valence-electron chi connectivity index (χ3n) is 3.37. The van der Waals surface area contributed by atoms with Gasteiger partial charge in [-0.2, -0.15) is 13.2 Å². The molecule has 4 nitrogen and oxygen atoms in total. The van der Waals surface area contributed by atoms with Gasteiger partial charge in [0, 0.05) is 18.7 Å². The van der Waals surface area contributed by atoms with Crippen LogP contribution in [0.2, 0.25) is 0 Å². The first kappa shape index (κ1) is 15.3. The molecule has 0 aromatic heterocycles. The van der Waals surface area contributed by atoms with Crippen molar-refractivity contribution in [2.75, 3.05) is 11.4 Å². The van der Waals surface area contributed by atoms with Crippen molar-refractivity contribution in [2.24, 2.45) is 0 Å². The van der Waals surface area contributed by atoms with E-state index < -0.39 is 30.9 Å². The molecule has 0 spiro atoms. The summed E-state index contributed by atoms with van der Waals surface area (Å²) in [5, 5.41) is 8.93. The molecule has 1 aromatic rings. The number of amides is 1. The van der Waals surface area contributed by atoms with Crippen LogP contribution in [0, 0.1) is 0 Å². The Bertz CT molecular complexity index is 569. The number of hydrogen-bond acceptors (Lipinski definition) is 2. The summed E-state index contributed by atoms with van der Waals surface area (Å²) in [5.74, 6) is -1.66. The molecular weight excluding hydrogens is 287 g/mol. The molecule has 0 atom stereocenters. The number of carbonyl (C=O) groups is 2. The SMILES string of the molecule is O=C(O)c1ccc2c(c1)CCCN2C(=O)CCC(F)(F)F. The van der Waals surface area contributed by atoms with Crippen LogP contribution in [0.5, 0.6) is 0 Å². The molecule has 21 heavy (non-hydrogen) atoms. The summed E-state index contributed by atoms with van der Waals surface area (Å²) in [6, 6.07) is 4.32. The van der Waals surface area contributed by atoms with Gasteiger partial charge >= 0.3 is 12.1 Å². The van der Waals surface area contributed by atoms with Gasteiger partial charge in [-0.1, -0.05) is 0 Å². The first-order valence-electron chi connectivity index (χ1n) is 6.51. The van der Waals surface area contributed by atoms with E-state index in [0.29, 0.717) is 30.6 Å². The van der Waals surface area contributed by atoms with Crippen LogP contribution in [0.4, 0.5) is 18.9 Å². The van der Waals surface area contributed by atoms with E-state index in [-0.39, 0.29) is 5.56 Å². The van der Waals surface area contributed by atoms with E-state index in [1.807, 2.05) is 0 Å². The lowest BCUT2D eigenvalue weighted by molar-refractivity contribution is -0.143. The number of rotatable bonds is 3. The Morgan fingerprint density at radius 3 is 2.62 bits per heavy atom. The highest BCUT2D eigenvalue weighted by Gasteiger charge is 2.30. The van der Waals surface area contributed by atoms with Crippen LogP contribution in [0.15, 0.2) is 18.2 Å². The lowest BCUT2D eigenvalue weighted by atomic mass is 9.98. The Labute approximate surface area is 119 Å². The number of fused-ring (bicyclic) bond motifs is 1. The molecule has 0 fully saturated rings. The zero-order valence-electron chi connectivity index (χ0n) is 11.1. The van der Waals surface area contributed by atoms with Crippen LogP contribution in [0.1, 0.15) is 35.2 Å². The zero-order valence-corrected chi connectivity index (χ0v) is 11.1. The van der Waals surface area contributed by atoms with Crippen molar-refractivity contribution in [1.29, 1.82) is 0 Å².